The van der Waals surface area contributed by atoms with Crippen LogP contribution in [0.15, 0.2) is 42.5 Å². The van der Waals surface area contributed by atoms with Gasteiger partial charge in [-0.05, 0) is 42.7 Å². The first-order valence-electron chi connectivity index (χ1n) is 7.45. The molecule has 0 spiro atoms. The summed E-state index contributed by atoms with van der Waals surface area (Å²) in [7, 11) is 0. The summed E-state index contributed by atoms with van der Waals surface area (Å²) in [5, 5.41) is 9.94. The highest BCUT2D eigenvalue weighted by Crippen LogP contribution is 2.28. The van der Waals surface area contributed by atoms with Gasteiger partial charge in [-0.15, -0.1) is 0 Å². The Bertz CT molecular complexity index is 718. The van der Waals surface area contributed by atoms with Gasteiger partial charge in [0, 0.05) is 0 Å². The normalized spacial score (nSPS) is 11.3. The minimum atomic E-state index is -0.976. The summed E-state index contributed by atoms with van der Waals surface area (Å²) in [6.07, 6.45) is 2.51. The number of carbonyl (C=O) groups is 1. The van der Waals surface area contributed by atoms with Crippen LogP contribution in [-0.2, 0) is 4.79 Å². The van der Waals surface area contributed by atoms with Crippen molar-refractivity contribution in [1.82, 2.24) is 0 Å². The van der Waals surface area contributed by atoms with E-state index in [9.17, 15) is 9.90 Å². The second kappa shape index (κ2) is 7.84. The summed E-state index contributed by atoms with van der Waals surface area (Å²) >= 11 is 6.19. The molecule has 23 heavy (non-hydrogen) atoms. The summed E-state index contributed by atoms with van der Waals surface area (Å²) in [6.45, 7) is 4.58. The van der Waals surface area contributed by atoms with Gasteiger partial charge in [0.2, 0.25) is 0 Å². The molecule has 120 valence electrons. The number of hydrogen-bond donors (Lipinski definition) is 1. The number of carboxylic acid groups (broad SMARTS) is 1. The van der Waals surface area contributed by atoms with Gasteiger partial charge in [-0.1, -0.05) is 54.4 Å². The smallest absolute Gasteiger partial charge is 0.336 e. The number of aliphatic carboxylic acids is 1. The van der Waals surface area contributed by atoms with E-state index in [0.29, 0.717) is 22.9 Å². The lowest BCUT2D eigenvalue weighted by Gasteiger charge is -2.08. The van der Waals surface area contributed by atoms with Crippen LogP contribution in [0.25, 0.3) is 11.6 Å². The van der Waals surface area contributed by atoms with E-state index in [-0.39, 0.29) is 5.57 Å². The maximum absolute atomic E-state index is 11.6. The molecule has 0 aromatic heterocycles. The lowest BCUT2D eigenvalue weighted by atomic mass is 10.0. The number of ether oxygens (including phenoxy) is 1. The van der Waals surface area contributed by atoms with Crippen molar-refractivity contribution in [2.45, 2.75) is 20.3 Å². The van der Waals surface area contributed by atoms with Gasteiger partial charge >= 0.3 is 5.97 Å². The quantitative estimate of drug-likeness (QED) is 0.594. The molecule has 2 aromatic carbocycles. The molecule has 0 amide bonds. The highest BCUT2D eigenvalue weighted by Gasteiger charge is 2.11. The molecule has 0 aliphatic carbocycles. The third-order valence-corrected chi connectivity index (χ3v) is 3.62. The SMILES string of the molecule is CCCOc1ccc(/C=C(\C(=O)O)c2ccc(C)cc2)cc1Cl. The van der Waals surface area contributed by atoms with Crippen molar-refractivity contribution in [3.63, 3.8) is 0 Å². The standard InChI is InChI=1S/C19H19ClO3/c1-3-10-23-18-9-6-14(12-17(18)20)11-16(19(21)22)15-7-4-13(2)5-8-15/h4-9,11-12H,3,10H2,1-2H3,(H,21,22)/b16-11-. The Balaban J connectivity index is 2.34. The first-order valence-corrected chi connectivity index (χ1v) is 7.83. The Labute approximate surface area is 141 Å². The van der Waals surface area contributed by atoms with Crippen molar-refractivity contribution in [1.29, 1.82) is 0 Å². The third-order valence-electron chi connectivity index (χ3n) is 3.32. The average Bonchev–Trinajstić information content (AvgIpc) is 2.52. The summed E-state index contributed by atoms with van der Waals surface area (Å²) in [6, 6.07) is 12.7. The van der Waals surface area contributed by atoms with Crippen LogP contribution in [-0.4, -0.2) is 17.7 Å². The molecule has 0 bridgehead atoms. The van der Waals surface area contributed by atoms with Crippen molar-refractivity contribution in [2.75, 3.05) is 6.61 Å². The van der Waals surface area contributed by atoms with Gasteiger partial charge in [0.1, 0.15) is 5.75 Å². The van der Waals surface area contributed by atoms with E-state index in [0.717, 1.165) is 17.5 Å². The lowest BCUT2D eigenvalue weighted by Crippen LogP contribution is -2.00. The number of carboxylic acids is 1. The predicted octanol–water partition coefficient (Wildman–Crippen LogP) is 5.06. The largest absolute Gasteiger partial charge is 0.492 e. The van der Waals surface area contributed by atoms with Crippen LogP contribution in [0.4, 0.5) is 0 Å². The number of aryl methyl sites for hydroxylation is 1. The maximum Gasteiger partial charge on any atom is 0.336 e. The molecule has 4 heteroatoms. The molecule has 0 heterocycles. The molecule has 0 fully saturated rings. The second-order valence-corrected chi connectivity index (χ2v) is 5.67. The summed E-state index contributed by atoms with van der Waals surface area (Å²) < 4.78 is 5.52. The fourth-order valence-corrected chi connectivity index (χ4v) is 2.35. The monoisotopic (exact) mass is 330 g/mol. The summed E-state index contributed by atoms with van der Waals surface area (Å²) in [5.41, 5.74) is 2.68. The van der Waals surface area contributed by atoms with Crippen LogP contribution in [0.3, 0.4) is 0 Å². The maximum atomic E-state index is 11.6. The predicted molar refractivity (Wildman–Crippen MR) is 93.9 cm³/mol. The molecule has 0 saturated carbocycles. The Hall–Kier alpha value is -2.26. The molecular weight excluding hydrogens is 312 g/mol. The van der Waals surface area contributed by atoms with E-state index in [1.54, 1.807) is 36.4 Å². The molecule has 3 nitrogen and oxygen atoms in total. The fourth-order valence-electron chi connectivity index (χ4n) is 2.10. The van der Waals surface area contributed by atoms with Crippen molar-refractivity contribution in [3.05, 3.63) is 64.2 Å². The Morgan fingerprint density at radius 1 is 1.22 bits per heavy atom. The topological polar surface area (TPSA) is 46.5 Å². The molecule has 2 rings (SSSR count). The first-order chi connectivity index (χ1) is 11.0. The zero-order chi connectivity index (χ0) is 16.8. The first kappa shape index (κ1) is 17.1. The zero-order valence-electron chi connectivity index (χ0n) is 13.2. The molecule has 1 N–H and O–H groups in total. The number of hydrogen-bond acceptors (Lipinski definition) is 2. The Morgan fingerprint density at radius 2 is 1.91 bits per heavy atom. The highest BCUT2D eigenvalue weighted by molar-refractivity contribution is 6.32. The second-order valence-electron chi connectivity index (χ2n) is 5.27. The van der Waals surface area contributed by atoms with Crippen LogP contribution >= 0.6 is 11.6 Å². The minimum Gasteiger partial charge on any atom is -0.492 e. The molecule has 0 atom stereocenters. The molecule has 0 unspecified atom stereocenters. The van der Waals surface area contributed by atoms with Gasteiger partial charge in [-0.25, -0.2) is 4.79 Å². The third kappa shape index (κ3) is 4.60. The Kier molecular flexibility index (Phi) is 5.83. The van der Waals surface area contributed by atoms with E-state index in [1.807, 2.05) is 26.0 Å². The number of benzene rings is 2. The van der Waals surface area contributed by atoms with Crippen LogP contribution in [0.1, 0.15) is 30.0 Å². The van der Waals surface area contributed by atoms with Crippen LogP contribution in [0, 0.1) is 6.92 Å². The van der Waals surface area contributed by atoms with E-state index >= 15 is 0 Å². The summed E-state index contributed by atoms with van der Waals surface area (Å²) in [5.74, 6) is -0.367. The Morgan fingerprint density at radius 3 is 2.48 bits per heavy atom. The van der Waals surface area contributed by atoms with E-state index in [2.05, 4.69) is 0 Å². The van der Waals surface area contributed by atoms with Crippen molar-refractivity contribution >= 4 is 29.2 Å². The van der Waals surface area contributed by atoms with Crippen LogP contribution < -0.4 is 4.74 Å². The van der Waals surface area contributed by atoms with Gasteiger partial charge in [-0.2, -0.15) is 0 Å². The van der Waals surface area contributed by atoms with Crippen molar-refractivity contribution in [2.24, 2.45) is 0 Å². The minimum absolute atomic E-state index is 0.225. The molecule has 0 aliphatic rings. The van der Waals surface area contributed by atoms with E-state index in [4.69, 9.17) is 16.3 Å². The molecule has 0 aliphatic heterocycles. The number of halogens is 1. The van der Waals surface area contributed by atoms with E-state index < -0.39 is 5.97 Å². The van der Waals surface area contributed by atoms with Crippen molar-refractivity contribution in [3.8, 4) is 5.75 Å². The number of rotatable bonds is 6. The van der Waals surface area contributed by atoms with Gasteiger partial charge in [0.15, 0.2) is 0 Å². The van der Waals surface area contributed by atoms with Gasteiger partial charge in [0.25, 0.3) is 0 Å². The average molecular weight is 331 g/mol. The molecule has 2 aromatic rings. The van der Waals surface area contributed by atoms with Gasteiger partial charge in [-0.3, -0.25) is 0 Å². The van der Waals surface area contributed by atoms with Crippen LogP contribution in [0.2, 0.25) is 5.02 Å². The molecular formula is C19H19ClO3. The van der Waals surface area contributed by atoms with Crippen molar-refractivity contribution < 1.29 is 14.6 Å². The van der Waals surface area contributed by atoms with Crippen LogP contribution in [0.5, 0.6) is 5.75 Å². The summed E-state index contributed by atoms with van der Waals surface area (Å²) in [4.78, 5) is 11.6. The zero-order valence-corrected chi connectivity index (χ0v) is 13.9. The van der Waals surface area contributed by atoms with E-state index in [1.165, 1.54) is 0 Å². The van der Waals surface area contributed by atoms with Gasteiger partial charge in [0.05, 0.1) is 17.2 Å². The highest BCUT2D eigenvalue weighted by atomic mass is 35.5. The molecule has 0 radical (unpaired) electrons. The van der Waals surface area contributed by atoms with Gasteiger partial charge < -0.3 is 9.84 Å². The lowest BCUT2D eigenvalue weighted by molar-refractivity contribution is -0.130. The fraction of sp³-hybridized carbons (Fsp3) is 0.211. The molecule has 0 saturated heterocycles.